The van der Waals surface area contributed by atoms with Crippen molar-refractivity contribution in [3.63, 3.8) is 0 Å². The zero-order chi connectivity index (χ0) is 9.31. The first-order valence-corrected chi connectivity index (χ1v) is 4.39. The molecule has 0 bridgehead atoms. The van der Waals surface area contributed by atoms with Crippen molar-refractivity contribution >= 4 is 6.29 Å². The van der Waals surface area contributed by atoms with E-state index >= 15 is 0 Å². The van der Waals surface area contributed by atoms with Gasteiger partial charge in [-0.3, -0.25) is 4.79 Å². The van der Waals surface area contributed by atoms with Crippen LogP contribution in [-0.4, -0.2) is 19.5 Å². The monoisotopic (exact) mass is 176 g/mol. The Kier molecular flexibility index (Phi) is 1.93. The summed E-state index contributed by atoms with van der Waals surface area (Å²) < 4.78 is 5.18. The van der Waals surface area contributed by atoms with Gasteiger partial charge in [0.2, 0.25) is 0 Å². The van der Waals surface area contributed by atoms with E-state index in [2.05, 4.69) is 6.92 Å². The zero-order valence-electron chi connectivity index (χ0n) is 7.62. The van der Waals surface area contributed by atoms with E-state index in [1.807, 2.05) is 24.3 Å². The molecule has 1 aliphatic rings. The van der Waals surface area contributed by atoms with Crippen LogP contribution in [-0.2, 0) is 10.2 Å². The smallest absolute Gasteiger partial charge is 0.150 e. The van der Waals surface area contributed by atoms with E-state index in [4.69, 9.17) is 4.74 Å². The van der Waals surface area contributed by atoms with E-state index in [0.717, 1.165) is 30.6 Å². The molecule has 0 aliphatic carbocycles. The summed E-state index contributed by atoms with van der Waals surface area (Å²) in [6, 6.07) is 7.71. The summed E-state index contributed by atoms with van der Waals surface area (Å²) in [5.74, 6) is 0. The summed E-state index contributed by atoms with van der Waals surface area (Å²) in [5.41, 5.74) is 1.95. The molecule has 0 N–H and O–H groups in total. The molecule has 1 aromatic carbocycles. The first-order chi connectivity index (χ1) is 6.26. The van der Waals surface area contributed by atoms with Crippen LogP contribution in [0.25, 0.3) is 0 Å². The number of rotatable bonds is 2. The van der Waals surface area contributed by atoms with Gasteiger partial charge in [-0.05, 0) is 5.56 Å². The maximum Gasteiger partial charge on any atom is 0.150 e. The van der Waals surface area contributed by atoms with Gasteiger partial charge in [-0.2, -0.15) is 0 Å². The Morgan fingerprint density at radius 3 is 2.62 bits per heavy atom. The molecule has 1 aromatic rings. The standard InChI is InChI=1S/C11H12O2/c1-11(7-13-8-11)10-5-3-2-4-9(10)6-12/h2-6H,7-8H2,1H3. The van der Waals surface area contributed by atoms with Crippen molar-refractivity contribution in [2.24, 2.45) is 0 Å². The number of aldehydes is 1. The molecule has 0 unspecified atom stereocenters. The maximum atomic E-state index is 10.8. The van der Waals surface area contributed by atoms with Crippen molar-refractivity contribution in [3.8, 4) is 0 Å². The maximum absolute atomic E-state index is 10.8. The van der Waals surface area contributed by atoms with Crippen LogP contribution in [0, 0.1) is 0 Å². The normalized spacial score (nSPS) is 19.2. The Bertz CT molecular complexity index is 327. The molecule has 1 heterocycles. The van der Waals surface area contributed by atoms with Crippen LogP contribution < -0.4 is 0 Å². The average Bonchev–Trinajstić information content (AvgIpc) is 2.14. The fraction of sp³-hybridized carbons (Fsp3) is 0.364. The number of carbonyl (C=O) groups excluding carboxylic acids is 1. The fourth-order valence-corrected chi connectivity index (χ4v) is 1.71. The topological polar surface area (TPSA) is 26.3 Å². The van der Waals surface area contributed by atoms with Gasteiger partial charge in [0.1, 0.15) is 6.29 Å². The van der Waals surface area contributed by atoms with Gasteiger partial charge in [-0.25, -0.2) is 0 Å². The lowest BCUT2D eigenvalue weighted by molar-refractivity contribution is -0.0501. The molecule has 2 heteroatoms. The molecule has 1 saturated heterocycles. The molecule has 2 rings (SSSR count). The summed E-state index contributed by atoms with van der Waals surface area (Å²) in [6.07, 6.45) is 0.916. The van der Waals surface area contributed by atoms with E-state index in [-0.39, 0.29) is 5.41 Å². The van der Waals surface area contributed by atoms with Crippen molar-refractivity contribution in [2.45, 2.75) is 12.3 Å². The summed E-state index contributed by atoms with van der Waals surface area (Å²) in [4.78, 5) is 10.8. The molecule has 2 nitrogen and oxygen atoms in total. The van der Waals surface area contributed by atoms with Gasteiger partial charge in [0.05, 0.1) is 13.2 Å². The summed E-state index contributed by atoms with van der Waals surface area (Å²) in [5, 5.41) is 0. The molecule has 0 spiro atoms. The van der Waals surface area contributed by atoms with Crippen molar-refractivity contribution in [2.75, 3.05) is 13.2 Å². The minimum Gasteiger partial charge on any atom is -0.379 e. The molecular weight excluding hydrogens is 164 g/mol. The second kappa shape index (κ2) is 2.96. The highest BCUT2D eigenvalue weighted by atomic mass is 16.5. The zero-order valence-corrected chi connectivity index (χ0v) is 7.62. The Balaban J connectivity index is 2.43. The third kappa shape index (κ3) is 1.27. The predicted octanol–water partition coefficient (Wildman–Crippen LogP) is 1.79. The fourth-order valence-electron chi connectivity index (χ4n) is 1.71. The van der Waals surface area contributed by atoms with E-state index in [1.54, 1.807) is 0 Å². The van der Waals surface area contributed by atoms with Crippen LogP contribution in [0.5, 0.6) is 0 Å². The summed E-state index contributed by atoms with van der Waals surface area (Å²) in [6.45, 7) is 3.56. The number of hydrogen-bond acceptors (Lipinski definition) is 2. The molecular formula is C11H12O2. The first kappa shape index (κ1) is 8.45. The minimum absolute atomic E-state index is 0.0531. The van der Waals surface area contributed by atoms with Gasteiger partial charge in [-0.15, -0.1) is 0 Å². The quantitative estimate of drug-likeness (QED) is 0.642. The Hall–Kier alpha value is -1.15. The molecule has 13 heavy (non-hydrogen) atoms. The van der Waals surface area contributed by atoms with Crippen LogP contribution in [0.4, 0.5) is 0 Å². The number of carbonyl (C=O) groups is 1. The Morgan fingerprint density at radius 2 is 2.08 bits per heavy atom. The molecule has 0 amide bonds. The van der Waals surface area contributed by atoms with Crippen molar-refractivity contribution in [1.29, 1.82) is 0 Å². The van der Waals surface area contributed by atoms with Gasteiger partial charge in [-0.1, -0.05) is 31.2 Å². The highest BCUT2D eigenvalue weighted by Crippen LogP contribution is 2.33. The predicted molar refractivity (Wildman–Crippen MR) is 50.0 cm³/mol. The lowest BCUT2D eigenvalue weighted by atomic mass is 9.78. The molecule has 1 fully saturated rings. The van der Waals surface area contributed by atoms with Crippen molar-refractivity contribution in [1.82, 2.24) is 0 Å². The van der Waals surface area contributed by atoms with Gasteiger partial charge in [0.25, 0.3) is 0 Å². The van der Waals surface area contributed by atoms with Crippen LogP contribution in [0.15, 0.2) is 24.3 Å². The highest BCUT2D eigenvalue weighted by molar-refractivity contribution is 5.78. The van der Waals surface area contributed by atoms with E-state index in [9.17, 15) is 4.79 Å². The van der Waals surface area contributed by atoms with Gasteiger partial charge < -0.3 is 4.74 Å². The van der Waals surface area contributed by atoms with E-state index in [0.29, 0.717) is 0 Å². The molecule has 0 radical (unpaired) electrons. The minimum atomic E-state index is 0.0531. The highest BCUT2D eigenvalue weighted by Gasteiger charge is 2.36. The van der Waals surface area contributed by atoms with Crippen molar-refractivity contribution in [3.05, 3.63) is 35.4 Å². The third-order valence-corrected chi connectivity index (χ3v) is 2.58. The SMILES string of the molecule is CC1(c2ccccc2C=O)COC1. The summed E-state index contributed by atoms with van der Waals surface area (Å²) >= 11 is 0. The lowest BCUT2D eigenvalue weighted by Crippen LogP contribution is -2.44. The molecule has 68 valence electrons. The van der Waals surface area contributed by atoms with Crippen LogP contribution >= 0.6 is 0 Å². The van der Waals surface area contributed by atoms with Crippen LogP contribution in [0.3, 0.4) is 0 Å². The van der Waals surface area contributed by atoms with E-state index in [1.165, 1.54) is 0 Å². The summed E-state index contributed by atoms with van der Waals surface area (Å²) in [7, 11) is 0. The molecule has 0 saturated carbocycles. The number of benzene rings is 1. The second-order valence-electron chi connectivity index (χ2n) is 3.76. The van der Waals surface area contributed by atoms with E-state index < -0.39 is 0 Å². The van der Waals surface area contributed by atoms with Gasteiger partial charge in [0.15, 0.2) is 0 Å². The Labute approximate surface area is 77.5 Å². The molecule has 0 atom stereocenters. The second-order valence-corrected chi connectivity index (χ2v) is 3.76. The lowest BCUT2D eigenvalue weighted by Gasteiger charge is -2.39. The molecule has 1 aliphatic heterocycles. The van der Waals surface area contributed by atoms with Crippen LogP contribution in [0.2, 0.25) is 0 Å². The van der Waals surface area contributed by atoms with Crippen molar-refractivity contribution < 1.29 is 9.53 Å². The van der Waals surface area contributed by atoms with Gasteiger partial charge in [0, 0.05) is 11.0 Å². The largest absolute Gasteiger partial charge is 0.379 e. The number of ether oxygens (including phenoxy) is 1. The number of hydrogen-bond donors (Lipinski definition) is 0. The Morgan fingerprint density at radius 1 is 1.38 bits per heavy atom. The first-order valence-electron chi connectivity index (χ1n) is 4.39. The third-order valence-electron chi connectivity index (χ3n) is 2.58. The average molecular weight is 176 g/mol. The van der Waals surface area contributed by atoms with Gasteiger partial charge >= 0.3 is 0 Å². The molecule has 0 aromatic heterocycles. The van der Waals surface area contributed by atoms with Crippen LogP contribution in [0.1, 0.15) is 22.8 Å².